The minimum absolute atomic E-state index is 0.165. The van der Waals surface area contributed by atoms with Gasteiger partial charge in [-0.2, -0.15) is 0 Å². The molecular formula is C15H22N4O2. The summed E-state index contributed by atoms with van der Waals surface area (Å²) in [4.78, 5) is 24.9. The van der Waals surface area contributed by atoms with E-state index in [0.29, 0.717) is 19.0 Å². The summed E-state index contributed by atoms with van der Waals surface area (Å²) in [6, 6.07) is 1.79. The van der Waals surface area contributed by atoms with Crippen molar-refractivity contribution in [1.29, 1.82) is 0 Å². The Morgan fingerprint density at radius 3 is 2.71 bits per heavy atom. The average molecular weight is 290 g/mol. The van der Waals surface area contributed by atoms with Gasteiger partial charge in [-0.25, -0.2) is 9.97 Å². The molecule has 1 aromatic heterocycles. The van der Waals surface area contributed by atoms with Gasteiger partial charge in [0.1, 0.15) is 6.54 Å². The standard InChI is InChI=1S/C15H22N4O2/c20-14(18-8-1-2-9-18)12-19(11-13-5-3-10-21-13)15-16-6-4-7-17-15/h4,6-7,13H,1-3,5,8-12H2. The third-order valence-corrected chi connectivity index (χ3v) is 4.07. The average Bonchev–Trinajstić information content (AvgIpc) is 3.21. The van der Waals surface area contributed by atoms with Crippen LogP contribution >= 0.6 is 0 Å². The fourth-order valence-electron chi connectivity index (χ4n) is 2.94. The zero-order valence-electron chi connectivity index (χ0n) is 12.3. The first-order chi connectivity index (χ1) is 10.3. The van der Waals surface area contributed by atoms with E-state index in [1.807, 2.05) is 9.80 Å². The Morgan fingerprint density at radius 2 is 2.05 bits per heavy atom. The van der Waals surface area contributed by atoms with Crippen molar-refractivity contribution in [3.05, 3.63) is 18.5 Å². The highest BCUT2D eigenvalue weighted by molar-refractivity contribution is 5.81. The maximum atomic E-state index is 12.4. The van der Waals surface area contributed by atoms with Crippen LogP contribution in [0.4, 0.5) is 5.95 Å². The van der Waals surface area contributed by atoms with Crippen LogP contribution in [0.15, 0.2) is 18.5 Å². The summed E-state index contributed by atoms with van der Waals surface area (Å²) in [5.41, 5.74) is 0. The first kappa shape index (κ1) is 14.3. The second-order valence-corrected chi connectivity index (χ2v) is 5.65. The SMILES string of the molecule is O=C(CN(CC1CCCO1)c1ncccn1)N1CCCC1. The van der Waals surface area contributed by atoms with Crippen LogP contribution in [0.5, 0.6) is 0 Å². The number of nitrogens with zero attached hydrogens (tertiary/aromatic N) is 4. The lowest BCUT2D eigenvalue weighted by atomic mass is 10.2. The van der Waals surface area contributed by atoms with Crippen molar-refractivity contribution < 1.29 is 9.53 Å². The summed E-state index contributed by atoms with van der Waals surface area (Å²) in [7, 11) is 0. The molecule has 114 valence electrons. The molecule has 3 rings (SSSR count). The quantitative estimate of drug-likeness (QED) is 0.812. The van der Waals surface area contributed by atoms with Crippen LogP contribution in [0.25, 0.3) is 0 Å². The molecule has 2 aliphatic heterocycles. The third-order valence-electron chi connectivity index (χ3n) is 4.07. The molecule has 0 aromatic carbocycles. The number of likely N-dealkylation sites (tertiary alicyclic amines) is 1. The Morgan fingerprint density at radius 1 is 1.29 bits per heavy atom. The summed E-state index contributed by atoms with van der Waals surface area (Å²) in [5, 5.41) is 0. The van der Waals surface area contributed by atoms with E-state index in [4.69, 9.17) is 4.74 Å². The highest BCUT2D eigenvalue weighted by Gasteiger charge is 2.25. The maximum Gasteiger partial charge on any atom is 0.242 e. The zero-order chi connectivity index (χ0) is 14.5. The van der Waals surface area contributed by atoms with E-state index >= 15 is 0 Å². The number of aromatic nitrogens is 2. The normalized spacial score (nSPS) is 21.7. The molecule has 0 aliphatic carbocycles. The number of anilines is 1. The van der Waals surface area contributed by atoms with Gasteiger partial charge < -0.3 is 14.5 Å². The van der Waals surface area contributed by atoms with Crippen molar-refractivity contribution in [3.8, 4) is 0 Å². The Balaban J connectivity index is 1.67. The number of carbonyl (C=O) groups is 1. The highest BCUT2D eigenvalue weighted by atomic mass is 16.5. The van der Waals surface area contributed by atoms with Crippen LogP contribution in [0.3, 0.4) is 0 Å². The molecule has 0 N–H and O–H groups in total. The molecule has 3 heterocycles. The van der Waals surface area contributed by atoms with Gasteiger partial charge >= 0.3 is 0 Å². The Hall–Kier alpha value is -1.69. The molecule has 0 bridgehead atoms. The van der Waals surface area contributed by atoms with Gasteiger partial charge in [-0.15, -0.1) is 0 Å². The number of carbonyl (C=O) groups excluding carboxylic acids is 1. The van der Waals surface area contributed by atoms with Crippen molar-refractivity contribution >= 4 is 11.9 Å². The largest absolute Gasteiger partial charge is 0.376 e. The van der Waals surface area contributed by atoms with Crippen LogP contribution < -0.4 is 4.90 Å². The number of ether oxygens (including phenoxy) is 1. The summed E-state index contributed by atoms with van der Waals surface area (Å²) < 4.78 is 5.69. The minimum Gasteiger partial charge on any atom is -0.376 e. The van der Waals surface area contributed by atoms with Gasteiger partial charge in [0.15, 0.2) is 0 Å². The smallest absolute Gasteiger partial charge is 0.242 e. The van der Waals surface area contributed by atoms with E-state index in [1.54, 1.807) is 18.5 Å². The molecule has 2 fully saturated rings. The molecule has 2 saturated heterocycles. The third kappa shape index (κ3) is 3.69. The van der Waals surface area contributed by atoms with Crippen LogP contribution in [0.2, 0.25) is 0 Å². The van der Waals surface area contributed by atoms with E-state index in [1.165, 1.54) is 0 Å². The van der Waals surface area contributed by atoms with Crippen molar-refractivity contribution in [3.63, 3.8) is 0 Å². The second kappa shape index (κ2) is 6.85. The molecule has 21 heavy (non-hydrogen) atoms. The monoisotopic (exact) mass is 290 g/mol. The lowest BCUT2D eigenvalue weighted by Crippen LogP contribution is -2.42. The Kier molecular flexibility index (Phi) is 4.65. The number of rotatable bonds is 5. The first-order valence-electron chi connectivity index (χ1n) is 7.74. The molecule has 0 radical (unpaired) electrons. The fourth-order valence-corrected chi connectivity index (χ4v) is 2.94. The lowest BCUT2D eigenvalue weighted by molar-refractivity contribution is -0.128. The van der Waals surface area contributed by atoms with Gasteiger partial charge in [0.25, 0.3) is 0 Å². The summed E-state index contributed by atoms with van der Waals surface area (Å²) in [5.74, 6) is 0.776. The van der Waals surface area contributed by atoms with Crippen molar-refractivity contribution in [1.82, 2.24) is 14.9 Å². The van der Waals surface area contributed by atoms with Crippen LogP contribution in [-0.4, -0.2) is 59.7 Å². The Labute approximate surface area is 125 Å². The van der Waals surface area contributed by atoms with Crippen molar-refractivity contribution in [2.24, 2.45) is 0 Å². The summed E-state index contributed by atoms with van der Waals surface area (Å²) >= 11 is 0. The van der Waals surface area contributed by atoms with Gasteiger partial charge in [-0.05, 0) is 31.7 Å². The predicted molar refractivity (Wildman–Crippen MR) is 79.0 cm³/mol. The van der Waals surface area contributed by atoms with Gasteiger partial charge in [0.05, 0.1) is 6.10 Å². The molecule has 1 atom stereocenters. The first-order valence-corrected chi connectivity index (χ1v) is 7.74. The maximum absolute atomic E-state index is 12.4. The number of hydrogen-bond donors (Lipinski definition) is 0. The van der Waals surface area contributed by atoms with Gasteiger partial charge in [-0.3, -0.25) is 4.79 Å². The molecule has 6 nitrogen and oxygen atoms in total. The second-order valence-electron chi connectivity index (χ2n) is 5.65. The topological polar surface area (TPSA) is 58.6 Å². The molecule has 1 amide bonds. The van der Waals surface area contributed by atoms with Crippen molar-refractivity contribution in [2.45, 2.75) is 31.8 Å². The van der Waals surface area contributed by atoms with Gasteiger partial charge in [0.2, 0.25) is 11.9 Å². The highest BCUT2D eigenvalue weighted by Crippen LogP contribution is 2.17. The molecule has 0 spiro atoms. The van der Waals surface area contributed by atoms with Crippen molar-refractivity contribution in [2.75, 3.05) is 37.7 Å². The predicted octanol–water partition coefficient (Wildman–Crippen LogP) is 1.08. The van der Waals surface area contributed by atoms with Gasteiger partial charge in [-0.1, -0.05) is 0 Å². The summed E-state index contributed by atoms with van der Waals surface area (Å²) in [6.45, 7) is 3.59. The molecule has 6 heteroatoms. The van der Waals surface area contributed by atoms with E-state index in [9.17, 15) is 4.79 Å². The van der Waals surface area contributed by atoms with Crippen LogP contribution in [0.1, 0.15) is 25.7 Å². The van der Waals surface area contributed by atoms with E-state index in [-0.39, 0.29) is 12.0 Å². The van der Waals surface area contributed by atoms with E-state index < -0.39 is 0 Å². The zero-order valence-corrected chi connectivity index (χ0v) is 12.3. The molecule has 1 aromatic rings. The van der Waals surface area contributed by atoms with E-state index in [0.717, 1.165) is 45.4 Å². The van der Waals surface area contributed by atoms with Gasteiger partial charge in [0, 0.05) is 38.6 Å². The Bertz CT molecular complexity index is 456. The number of hydrogen-bond acceptors (Lipinski definition) is 5. The minimum atomic E-state index is 0.165. The molecule has 1 unspecified atom stereocenters. The van der Waals surface area contributed by atoms with E-state index in [2.05, 4.69) is 9.97 Å². The van der Waals surface area contributed by atoms with Crippen LogP contribution in [0, 0.1) is 0 Å². The molecule has 2 aliphatic rings. The summed E-state index contributed by atoms with van der Waals surface area (Å²) in [6.07, 6.45) is 7.96. The lowest BCUT2D eigenvalue weighted by Gasteiger charge is -2.26. The molecular weight excluding hydrogens is 268 g/mol. The fraction of sp³-hybridized carbons (Fsp3) is 0.667. The molecule has 0 saturated carbocycles. The number of amides is 1. The van der Waals surface area contributed by atoms with Crippen LogP contribution in [-0.2, 0) is 9.53 Å².